The van der Waals surface area contributed by atoms with E-state index in [1.807, 2.05) is 37.6 Å². The van der Waals surface area contributed by atoms with Gasteiger partial charge < -0.3 is 10.8 Å². The first-order valence-corrected chi connectivity index (χ1v) is 4.51. The quantitative estimate of drug-likeness (QED) is 0.730. The highest BCUT2D eigenvalue weighted by atomic mass is 16.3. The second kappa shape index (κ2) is 5.00. The lowest BCUT2D eigenvalue weighted by Gasteiger charge is -2.10. The van der Waals surface area contributed by atoms with Gasteiger partial charge in [-0.05, 0) is 23.5 Å². The first-order valence-electron chi connectivity index (χ1n) is 4.51. The number of aliphatic hydroxyl groups is 1. The SMILES string of the molecule is CC([CH]c1ccccc1CN)CO. The van der Waals surface area contributed by atoms with Crippen molar-refractivity contribution in [1.82, 2.24) is 0 Å². The summed E-state index contributed by atoms with van der Waals surface area (Å²) in [5.74, 6) is 0.188. The van der Waals surface area contributed by atoms with E-state index in [1.54, 1.807) is 0 Å². The van der Waals surface area contributed by atoms with Crippen molar-refractivity contribution in [3.05, 3.63) is 41.8 Å². The summed E-state index contributed by atoms with van der Waals surface area (Å²) in [5, 5.41) is 8.90. The molecule has 1 rings (SSSR count). The van der Waals surface area contributed by atoms with Gasteiger partial charge in [0.15, 0.2) is 0 Å². The Morgan fingerprint density at radius 1 is 1.46 bits per heavy atom. The molecule has 1 unspecified atom stereocenters. The third kappa shape index (κ3) is 2.83. The van der Waals surface area contributed by atoms with E-state index in [0.717, 1.165) is 11.1 Å². The highest BCUT2D eigenvalue weighted by Crippen LogP contribution is 2.15. The summed E-state index contributed by atoms with van der Waals surface area (Å²) < 4.78 is 0. The van der Waals surface area contributed by atoms with Crippen molar-refractivity contribution in [1.29, 1.82) is 0 Å². The maximum Gasteiger partial charge on any atom is 0.0462 e. The van der Waals surface area contributed by atoms with Crippen LogP contribution in [0.1, 0.15) is 18.1 Å². The van der Waals surface area contributed by atoms with Gasteiger partial charge in [0, 0.05) is 13.2 Å². The highest BCUT2D eigenvalue weighted by molar-refractivity contribution is 5.33. The van der Waals surface area contributed by atoms with Crippen molar-refractivity contribution in [3.8, 4) is 0 Å². The Morgan fingerprint density at radius 2 is 2.15 bits per heavy atom. The Labute approximate surface area is 79.4 Å². The summed E-state index contributed by atoms with van der Waals surface area (Å²) in [5.41, 5.74) is 7.84. The third-order valence-corrected chi connectivity index (χ3v) is 2.03. The predicted molar refractivity (Wildman–Crippen MR) is 54.0 cm³/mol. The molecule has 0 aromatic heterocycles. The number of hydrogen-bond acceptors (Lipinski definition) is 2. The minimum atomic E-state index is 0.179. The van der Waals surface area contributed by atoms with Crippen molar-refractivity contribution in [2.24, 2.45) is 11.7 Å². The fourth-order valence-electron chi connectivity index (χ4n) is 1.24. The molecule has 13 heavy (non-hydrogen) atoms. The molecule has 0 aliphatic rings. The van der Waals surface area contributed by atoms with Gasteiger partial charge in [-0.25, -0.2) is 0 Å². The van der Waals surface area contributed by atoms with Crippen LogP contribution in [0.5, 0.6) is 0 Å². The first-order chi connectivity index (χ1) is 6.27. The zero-order valence-corrected chi connectivity index (χ0v) is 7.90. The molecule has 71 valence electrons. The van der Waals surface area contributed by atoms with Crippen LogP contribution in [0.2, 0.25) is 0 Å². The van der Waals surface area contributed by atoms with E-state index in [0.29, 0.717) is 6.54 Å². The molecule has 0 heterocycles. The van der Waals surface area contributed by atoms with E-state index >= 15 is 0 Å². The van der Waals surface area contributed by atoms with Crippen molar-refractivity contribution in [3.63, 3.8) is 0 Å². The molecule has 0 aliphatic heterocycles. The van der Waals surface area contributed by atoms with Gasteiger partial charge in [0.05, 0.1) is 0 Å². The average molecular weight is 178 g/mol. The standard InChI is InChI=1S/C11H16NO/c1-9(8-13)6-10-4-2-3-5-11(10)7-12/h2-6,9,13H,7-8,12H2,1H3. The largest absolute Gasteiger partial charge is 0.396 e. The number of hydrogen-bond donors (Lipinski definition) is 2. The summed E-state index contributed by atoms with van der Waals surface area (Å²) in [6, 6.07) is 7.99. The van der Waals surface area contributed by atoms with E-state index in [2.05, 4.69) is 0 Å². The van der Waals surface area contributed by atoms with Crippen molar-refractivity contribution in [2.45, 2.75) is 13.5 Å². The van der Waals surface area contributed by atoms with Gasteiger partial charge >= 0.3 is 0 Å². The molecule has 3 N–H and O–H groups in total. The van der Waals surface area contributed by atoms with E-state index in [4.69, 9.17) is 10.8 Å². The number of nitrogens with two attached hydrogens (primary N) is 1. The Kier molecular flexibility index (Phi) is 3.93. The van der Waals surface area contributed by atoms with Gasteiger partial charge in [0.1, 0.15) is 0 Å². The van der Waals surface area contributed by atoms with Crippen LogP contribution >= 0.6 is 0 Å². The molecule has 1 aromatic rings. The molecule has 1 aromatic carbocycles. The minimum absolute atomic E-state index is 0.179. The molecule has 0 aliphatic carbocycles. The number of rotatable bonds is 4. The normalized spacial score (nSPS) is 12.8. The van der Waals surface area contributed by atoms with Gasteiger partial charge in [0.2, 0.25) is 0 Å². The predicted octanol–water partition coefficient (Wildman–Crippen LogP) is 1.33. The molecule has 0 fully saturated rings. The van der Waals surface area contributed by atoms with Gasteiger partial charge in [-0.2, -0.15) is 0 Å². The molecule has 0 spiro atoms. The fraction of sp³-hybridized carbons (Fsp3) is 0.364. The topological polar surface area (TPSA) is 46.2 Å². The zero-order chi connectivity index (χ0) is 9.68. The maximum atomic E-state index is 8.90. The summed E-state index contributed by atoms with van der Waals surface area (Å²) >= 11 is 0. The summed E-state index contributed by atoms with van der Waals surface area (Å²) in [6.07, 6.45) is 2.04. The highest BCUT2D eigenvalue weighted by Gasteiger charge is 2.05. The monoisotopic (exact) mass is 178 g/mol. The Morgan fingerprint density at radius 3 is 2.77 bits per heavy atom. The van der Waals surface area contributed by atoms with Gasteiger partial charge in [0.25, 0.3) is 0 Å². The molecule has 2 nitrogen and oxygen atoms in total. The third-order valence-electron chi connectivity index (χ3n) is 2.03. The molecular formula is C11H16NO. The van der Waals surface area contributed by atoms with E-state index in [-0.39, 0.29) is 12.5 Å². The Bertz CT molecular complexity index is 260. The number of aliphatic hydroxyl groups excluding tert-OH is 1. The van der Waals surface area contributed by atoms with E-state index < -0.39 is 0 Å². The zero-order valence-electron chi connectivity index (χ0n) is 7.90. The molecule has 0 amide bonds. The molecule has 0 saturated heterocycles. The second-order valence-corrected chi connectivity index (χ2v) is 3.23. The lowest BCUT2D eigenvalue weighted by Crippen LogP contribution is -2.06. The lowest BCUT2D eigenvalue weighted by atomic mass is 9.97. The van der Waals surface area contributed by atoms with Crippen molar-refractivity contribution in [2.75, 3.05) is 6.61 Å². The van der Waals surface area contributed by atoms with Crippen LogP contribution in [0.25, 0.3) is 0 Å². The van der Waals surface area contributed by atoms with Gasteiger partial charge in [-0.3, -0.25) is 0 Å². The van der Waals surface area contributed by atoms with Crippen molar-refractivity contribution < 1.29 is 5.11 Å². The van der Waals surface area contributed by atoms with E-state index in [9.17, 15) is 0 Å². The van der Waals surface area contributed by atoms with Gasteiger partial charge in [-0.1, -0.05) is 31.2 Å². The smallest absolute Gasteiger partial charge is 0.0462 e. The average Bonchev–Trinajstić information content (AvgIpc) is 2.18. The number of benzene rings is 1. The molecule has 2 heteroatoms. The molecule has 1 radical (unpaired) electrons. The maximum absolute atomic E-state index is 8.90. The molecular weight excluding hydrogens is 162 g/mol. The lowest BCUT2D eigenvalue weighted by molar-refractivity contribution is 0.255. The summed E-state index contributed by atoms with van der Waals surface area (Å²) in [4.78, 5) is 0. The van der Waals surface area contributed by atoms with Crippen LogP contribution in [-0.2, 0) is 6.54 Å². The Hall–Kier alpha value is -0.860. The van der Waals surface area contributed by atoms with Gasteiger partial charge in [-0.15, -0.1) is 0 Å². The summed E-state index contributed by atoms with van der Waals surface area (Å²) in [7, 11) is 0. The molecule has 1 atom stereocenters. The minimum Gasteiger partial charge on any atom is -0.396 e. The van der Waals surface area contributed by atoms with Crippen LogP contribution in [-0.4, -0.2) is 11.7 Å². The van der Waals surface area contributed by atoms with Crippen LogP contribution in [0, 0.1) is 12.3 Å². The fourth-order valence-corrected chi connectivity index (χ4v) is 1.24. The first kappa shape index (κ1) is 10.2. The second-order valence-electron chi connectivity index (χ2n) is 3.23. The van der Waals surface area contributed by atoms with Crippen LogP contribution in [0.15, 0.2) is 24.3 Å². The van der Waals surface area contributed by atoms with E-state index in [1.165, 1.54) is 0 Å². The van der Waals surface area contributed by atoms with Crippen LogP contribution < -0.4 is 5.73 Å². The molecule has 0 saturated carbocycles. The summed E-state index contributed by atoms with van der Waals surface area (Å²) in [6.45, 7) is 2.71. The van der Waals surface area contributed by atoms with Crippen molar-refractivity contribution >= 4 is 0 Å². The molecule has 0 bridgehead atoms. The van der Waals surface area contributed by atoms with Crippen LogP contribution in [0.3, 0.4) is 0 Å². The van der Waals surface area contributed by atoms with Crippen LogP contribution in [0.4, 0.5) is 0 Å². The Balaban J connectivity index is 2.74.